The van der Waals surface area contributed by atoms with Crippen LogP contribution in [0.25, 0.3) is 34.0 Å². The predicted octanol–water partition coefficient (Wildman–Crippen LogP) is 8.57. The molecule has 14 heteroatoms. The molecule has 0 radical (unpaired) electrons. The van der Waals surface area contributed by atoms with Crippen molar-refractivity contribution < 1.29 is 9.59 Å². The van der Waals surface area contributed by atoms with Crippen LogP contribution in [0.15, 0.2) is 97.1 Å². The summed E-state index contributed by atoms with van der Waals surface area (Å²) < 4.78 is 0. The van der Waals surface area contributed by atoms with Crippen LogP contribution in [0.5, 0.6) is 0 Å². The normalized spacial score (nSPS) is 17.7. The number of carbonyl (C=O) groups is 2. The smallest absolute Gasteiger partial charge is 0.248 e. The maximum absolute atomic E-state index is 12.3. The third kappa shape index (κ3) is 10.4. The number of aryl methyl sites for hydroxylation is 2. The van der Waals surface area contributed by atoms with Gasteiger partial charge < -0.3 is 30.7 Å². The standard InChI is InChI=1S/C25H28ClN5O.C23H22ClN5O/c1-17-22-16-20(28-24(32)11-6-18-4-7-19(26)8-5-18)9-10-23(22)29-25(27-17)31-14-12-21(13-15-31)30(2)3;1-14-20-11-17(27-22(30)9-4-15-2-5-16(24)6-3-15)7-8-21(20)28-23(26-14)29-13-18-10-19(29)12-25-18/h4-11,16,21H,12-15H2,1-3H3,(H,28,32);2-9,11,18-19,25H,10,12-13H2,1H3,(H,27,30). The van der Waals surface area contributed by atoms with E-state index < -0.39 is 0 Å². The van der Waals surface area contributed by atoms with E-state index in [1.165, 1.54) is 12.2 Å². The molecule has 0 aliphatic carbocycles. The molecular formula is C48H50Cl2N10O2. The van der Waals surface area contributed by atoms with Gasteiger partial charge in [-0.1, -0.05) is 47.5 Å². The number of aromatic nitrogens is 4. The second-order valence-corrected chi connectivity index (χ2v) is 17.1. The summed E-state index contributed by atoms with van der Waals surface area (Å²) in [6.45, 7) is 7.87. The third-order valence-corrected chi connectivity index (χ3v) is 12.2. The van der Waals surface area contributed by atoms with Crippen LogP contribution in [0, 0.1) is 13.8 Å². The molecule has 2 amide bonds. The highest BCUT2D eigenvalue weighted by molar-refractivity contribution is 6.30. The number of benzene rings is 4. The first-order valence-electron chi connectivity index (χ1n) is 20.9. The molecule has 0 spiro atoms. The van der Waals surface area contributed by atoms with Gasteiger partial charge in [0, 0.05) is 88.6 Å². The van der Waals surface area contributed by atoms with Gasteiger partial charge in [0.15, 0.2) is 0 Å². The number of carbonyl (C=O) groups excluding carboxylic acids is 2. The van der Waals surface area contributed by atoms with Gasteiger partial charge in [0.2, 0.25) is 23.7 Å². The highest BCUT2D eigenvalue weighted by atomic mass is 35.5. The lowest BCUT2D eigenvalue weighted by molar-refractivity contribution is -0.112. The molecule has 3 aliphatic rings. The second-order valence-electron chi connectivity index (χ2n) is 16.3. The van der Waals surface area contributed by atoms with Gasteiger partial charge in [-0.2, -0.15) is 0 Å². The van der Waals surface area contributed by atoms with E-state index >= 15 is 0 Å². The van der Waals surface area contributed by atoms with E-state index in [0.717, 1.165) is 113 Å². The molecule has 5 heterocycles. The van der Waals surface area contributed by atoms with Crippen LogP contribution in [0.4, 0.5) is 23.3 Å². The lowest BCUT2D eigenvalue weighted by Crippen LogP contribution is -2.44. The van der Waals surface area contributed by atoms with Crippen LogP contribution in [-0.2, 0) is 9.59 Å². The van der Waals surface area contributed by atoms with Crippen molar-refractivity contribution in [2.24, 2.45) is 0 Å². The second kappa shape index (κ2) is 19.0. The van der Waals surface area contributed by atoms with Gasteiger partial charge in [-0.25, -0.2) is 19.9 Å². The SMILES string of the molecule is Cc1nc(N2CC3CC2CN3)nc2ccc(NC(=O)C=Cc3ccc(Cl)cc3)cc12.Cc1nc(N2CCC(N(C)C)CC2)nc2ccc(NC(=O)C=Cc3ccc(Cl)cc3)cc12. The summed E-state index contributed by atoms with van der Waals surface area (Å²) >= 11 is 11.8. The molecule has 2 unspecified atom stereocenters. The minimum Gasteiger partial charge on any atom is -0.341 e. The maximum Gasteiger partial charge on any atom is 0.248 e. The molecule has 4 aromatic carbocycles. The Morgan fingerprint density at radius 2 is 1.21 bits per heavy atom. The zero-order chi connectivity index (χ0) is 43.3. The Bertz CT molecular complexity index is 2640. The number of hydrogen-bond acceptors (Lipinski definition) is 10. The fourth-order valence-electron chi connectivity index (χ4n) is 8.21. The summed E-state index contributed by atoms with van der Waals surface area (Å²) in [5, 5.41) is 12.6. The number of fused-ring (bicyclic) bond motifs is 4. The Morgan fingerprint density at radius 1 is 0.710 bits per heavy atom. The predicted molar refractivity (Wildman–Crippen MR) is 253 cm³/mol. The lowest BCUT2D eigenvalue weighted by atomic mass is 10.0. The highest BCUT2D eigenvalue weighted by Crippen LogP contribution is 2.30. The highest BCUT2D eigenvalue weighted by Gasteiger charge is 2.39. The Kier molecular flexibility index (Phi) is 13.1. The van der Waals surface area contributed by atoms with Crippen molar-refractivity contribution in [2.45, 2.75) is 51.2 Å². The van der Waals surface area contributed by atoms with Crippen molar-refractivity contribution in [3.05, 3.63) is 130 Å². The molecular weight excluding hydrogens is 820 g/mol. The van der Waals surface area contributed by atoms with Crippen LogP contribution >= 0.6 is 23.2 Å². The molecule has 3 aliphatic heterocycles. The van der Waals surface area contributed by atoms with Gasteiger partial charge in [-0.05, 0) is 131 Å². The average Bonchev–Trinajstić information content (AvgIpc) is 3.91. The van der Waals surface area contributed by atoms with Crippen LogP contribution < -0.4 is 25.8 Å². The van der Waals surface area contributed by atoms with E-state index in [-0.39, 0.29) is 11.8 Å². The Morgan fingerprint density at radius 3 is 1.68 bits per heavy atom. The summed E-state index contributed by atoms with van der Waals surface area (Å²) in [6.07, 6.45) is 9.92. The van der Waals surface area contributed by atoms with E-state index in [1.54, 1.807) is 36.4 Å². The van der Waals surface area contributed by atoms with E-state index in [4.69, 9.17) is 43.1 Å². The van der Waals surface area contributed by atoms with E-state index in [2.05, 4.69) is 44.7 Å². The van der Waals surface area contributed by atoms with Gasteiger partial charge >= 0.3 is 0 Å². The number of nitrogens with one attached hydrogen (secondary N) is 3. The summed E-state index contributed by atoms with van der Waals surface area (Å²) in [5.41, 5.74) is 6.86. The number of anilines is 4. The molecule has 62 heavy (non-hydrogen) atoms. The number of piperidine rings is 1. The summed E-state index contributed by atoms with van der Waals surface area (Å²) in [4.78, 5) is 50.6. The first-order chi connectivity index (χ1) is 29.9. The van der Waals surface area contributed by atoms with Crippen molar-refractivity contribution in [1.29, 1.82) is 0 Å². The van der Waals surface area contributed by atoms with Crippen molar-refractivity contribution in [3.63, 3.8) is 0 Å². The lowest BCUT2D eigenvalue weighted by Gasteiger charge is -2.35. The summed E-state index contributed by atoms with van der Waals surface area (Å²) in [6, 6.07) is 27.8. The molecule has 3 saturated heterocycles. The molecule has 3 fully saturated rings. The van der Waals surface area contributed by atoms with Gasteiger partial charge in [0.05, 0.1) is 22.4 Å². The van der Waals surface area contributed by atoms with E-state index in [9.17, 15) is 9.59 Å². The number of hydrogen-bond donors (Lipinski definition) is 3. The van der Waals surface area contributed by atoms with Crippen LogP contribution in [-0.4, -0.2) is 95.1 Å². The van der Waals surface area contributed by atoms with Gasteiger partial charge in [0.25, 0.3) is 0 Å². The fraction of sp³-hybridized carbons (Fsp3) is 0.292. The topological polar surface area (TPSA) is 132 Å². The minimum atomic E-state index is -0.196. The molecule has 9 rings (SSSR count). The van der Waals surface area contributed by atoms with Crippen molar-refractivity contribution in [1.82, 2.24) is 30.2 Å². The Hall–Kier alpha value is -5.92. The fourth-order valence-corrected chi connectivity index (χ4v) is 8.46. The number of nitrogens with zero attached hydrogens (tertiary/aromatic N) is 7. The summed E-state index contributed by atoms with van der Waals surface area (Å²) in [5.74, 6) is 1.20. The number of piperazine rings is 1. The monoisotopic (exact) mass is 868 g/mol. The molecule has 6 aromatic rings. The largest absolute Gasteiger partial charge is 0.341 e. The Balaban J connectivity index is 0.000000171. The molecule has 2 aromatic heterocycles. The van der Waals surface area contributed by atoms with Gasteiger partial charge in [0.1, 0.15) is 0 Å². The van der Waals surface area contributed by atoms with Gasteiger partial charge in [-0.15, -0.1) is 0 Å². The molecule has 2 bridgehead atoms. The zero-order valence-electron chi connectivity index (χ0n) is 35.3. The zero-order valence-corrected chi connectivity index (χ0v) is 36.8. The molecule has 12 nitrogen and oxygen atoms in total. The summed E-state index contributed by atoms with van der Waals surface area (Å²) in [7, 11) is 4.28. The quantitative estimate of drug-likeness (QED) is 0.122. The first kappa shape index (κ1) is 42.8. The number of rotatable bonds is 9. The minimum absolute atomic E-state index is 0.194. The molecule has 3 N–H and O–H groups in total. The third-order valence-electron chi connectivity index (χ3n) is 11.7. The van der Waals surface area contributed by atoms with E-state index in [0.29, 0.717) is 28.2 Å². The number of halogens is 2. The Labute approximate surface area is 372 Å². The van der Waals surface area contributed by atoms with Crippen LogP contribution in [0.2, 0.25) is 10.0 Å². The molecule has 0 saturated carbocycles. The average molecular weight is 870 g/mol. The van der Waals surface area contributed by atoms with Crippen molar-refractivity contribution in [2.75, 3.05) is 60.7 Å². The van der Waals surface area contributed by atoms with Crippen LogP contribution in [0.3, 0.4) is 0 Å². The van der Waals surface area contributed by atoms with Crippen molar-refractivity contribution >= 4 is 92.2 Å². The maximum atomic E-state index is 12.3. The molecule has 2 atom stereocenters. The number of amides is 2. The van der Waals surface area contributed by atoms with E-state index in [1.807, 2.05) is 74.5 Å². The van der Waals surface area contributed by atoms with Gasteiger partial charge in [-0.3, -0.25) is 9.59 Å². The first-order valence-corrected chi connectivity index (χ1v) is 21.7. The molecule has 318 valence electrons. The van der Waals surface area contributed by atoms with Crippen LogP contribution in [0.1, 0.15) is 41.8 Å². The van der Waals surface area contributed by atoms with Crippen molar-refractivity contribution in [3.8, 4) is 0 Å².